The highest BCUT2D eigenvalue weighted by Crippen LogP contribution is 2.40. The quantitative estimate of drug-likeness (QED) is 0.593. The summed E-state index contributed by atoms with van der Waals surface area (Å²) in [5.41, 5.74) is 0.632. The number of aromatic nitrogens is 2. The van der Waals surface area contributed by atoms with E-state index in [-0.39, 0.29) is 18.6 Å². The minimum Gasteiger partial charge on any atom is -0.466 e. The molecule has 0 spiro atoms. The fourth-order valence-corrected chi connectivity index (χ4v) is 4.31. The first kappa shape index (κ1) is 23.3. The number of esters is 1. The fourth-order valence-electron chi connectivity index (χ4n) is 4.31. The number of likely N-dealkylation sites (tertiary alicyclic amines) is 1. The molecule has 2 aromatic rings. The highest BCUT2D eigenvalue weighted by Gasteiger charge is 2.44. The van der Waals surface area contributed by atoms with Crippen LogP contribution in [0.3, 0.4) is 0 Å². The van der Waals surface area contributed by atoms with Gasteiger partial charge in [-0.15, -0.1) is 0 Å². The number of rotatable bonds is 7. The summed E-state index contributed by atoms with van der Waals surface area (Å²) in [7, 11) is 0. The van der Waals surface area contributed by atoms with Crippen molar-refractivity contribution in [3.8, 4) is 0 Å². The van der Waals surface area contributed by atoms with Gasteiger partial charge in [-0.3, -0.25) is 14.4 Å². The normalized spacial score (nSPS) is 17.0. The Morgan fingerprint density at radius 1 is 1.16 bits per heavy atom. The molecule has 1 aliphatic rings. The molecule has 1 saturated heterocycles. The Balaban J connectivity index is 1.79. The summed E-state index contributed by atoms with van der Waals surface area (Å²) < 4.78 is 47.8. The summed E-state index contributed by atoms with van der Waals surface area (Å²) in [5, 5.41) is 4.47. The van der Waals surface area contributed by atoms with Crippen LogP contribution in [0.5, 0.6) is 0 Å². The Labute approximate surface area is 181 Å². The van der Waals surface area contributed by atoms with E-state index in [2.05, 4.69) is 10.00 Å². The monoisotopic (exact) mass is 437 g/mol. The predicted molar refractivity (Wildman–Crippen MR) is 111 cm³/mol. The lowest BCUT2D eigenvalue weighted by molar-refractivity contribution is -0.159. The maximum Gasteiger partial charge on any atom is 0.416 e. The van der Waals surface area contributed by atoms with Gasteiger partial charge in [-0.2, -0.15) is 18.3 Å². The van der Waals surface area contributed by atoms with Crippen LogP contribution >= 0.6 is 0 Å². The topological polar surface area (TPSA) is 47.4 Å². The van der Waals surface area contributed by atoms with Crippen LogP contribution in [0.1, 0.15) is 49.1 Å². The number of alkyl halides is 3. The van der Waals surface area contributed by atoms with E-state index in [1.165, 1.54) is 12.1 Å². The summed E-state index contributed by atoms with van der Waals surface area (Å²) in [4.78, 5) is 15.1. The van der Waals surface area contributed by atoms with Gasteiger partial charge >= 0.3 is 12.1 Å². The first-order valence-corrected chi connectivity index (χ1v) is 10.8. The number of halogens is 3. The molecule has 0 radical (unpaired) electrons. The number of hydrogen-bond acceptors (Lipinski definition) is 4. The number of hydrogen-bond donors (Lipinski definition) is 0. The molecule has 0 saturated carbocycles. The number of piperidine rings is 1. The lowest BCUT2D eigenvalue weighted by Gasteiger charge is -2.40. The van der Waals surface area contributed by atoms with Crippen molar-refractivity contribution in [2.75, 3.05) is 19.7 Å². The van der Waals surface area contributed by atoms with Gasteiger partial charge in [0.1, 0.15) is 0 Å². The number of carbonyl (C=O) groups is 1. The summed E-state index contributed by atoms with van der Waals surface area (Å²) in [5.74, 6) is -0.401. The molecule has 0 bridgehead atoms. The van der Waals surface area contributed by atoms with Crippen molar-refractivity contribution < 1.29 is 22.7 Å². The van der Waals surface area contributed by atoms with Gasteiger partial charge in [0.2, 0.25) is 0 Å². The standard InChI is InChI=1S/C23H30F3N3O2/c1-4-29-16-19(17(3)27-29)15-28-12-10-22(11-13-28,21(30)31-5-2)14-18-8-6-7-9-20(18)23(24,25)26/h6-9,16H,4-5,10-15H2,1-3H3. The van der Waals surface area contributed by atoms with Crippen molar-refractivity contribution in [3.63, 3.8) is 0 Å². The summed E-state index contributed by atoms with van der Waals surface area (Å²) in [6.07, 6.45) is -1.48. The zero-order chi connectivity index (χ0) is 22.6. The van der Waals surface area contributed by atoms with Gasteiger partial charge in [0.05, 0.1) is 23.3 Å². The van der Waals surface area contributed by atoms with E-state index in [1.54, 1.807) is 13.0 Å². The van der Waals surface area contributed by atoms with Gasteiger partial charge < -0.3 is 4.74 Å². The molecule has 1 aromatic carbocycles. The first-order chi connectivity index (χ1) is 14.7. The smallest absolute Gasteiger partial charge is 0.416 e. The van der Waals surface area contributed by atoms with Crippen LogP contribution in [0.15, 0.2) is 30.5 Å². The summed E-state index contributed by atoms with van der Waals surface area (Å²) in [6.45, 7) is 8.67. The molecule has 31 heavy (non-hydrogen) atoms. The molecule has 1 fully saturated rings. The minimum atomic E-state index is -4.45. The molecular weight excluding hydrogens is 407 g/mol. The van der Waals surface area contributed by atoms with E-state index in [9.17, 15) is 18.0 Å². The Morgan fingerprint density at radius 3 is 2.42 bits per heavy atom. The van der Waals surface area contributed by atoms with E-state index >= 15 is 0 Å². The van der Waals surface area contributed by atoms with Gasteiger partial charge in [0.25, 0.3) is 0 Å². The molecule has 8 heteroatoms. The SMILES string of the molecule is CCOC(=O)C1(Cc2ccccc2C(F)(F)F)CCN(Cc2cn(CC)nc2C)CC1. The Morgan fingerprint density at radius 2 is 1.84 bits per heavy atom. The molecule has 170 valence electrons. The molecule has 2 heterocycles. The molecule has 1 aliphatic heterocycles. The second kappa shape index (κ2) is 9.42. The number of ether oxygens (including phenoxy) is 1. The van der Waals surface area contributed by atoms with Crippen LogP contribution in [0.25, 0.3) is 0 Å². The Kier molecular flexibility index (Phi) is 7.09. The van der Waals surface area contributed by atoms with Crippen molar-refractivity contribution in [2.24, 2.45) is 5.41 Å². The average Bonchev–Trinajstić information content (AvgIpc) is 3.09. The van der Waals surface area contributed by atoms with Crippen LogP contribution in [0.4, 0.5) is 13.2 Å². The zero-order valence-electron chi connectivity index (χ0n) is 18.3. The number of nitrogens with zero attached hydrogens (tertiary/aromatic N) is 3. The lowest BCUT2D eigenvalue weighted by atomic mass is 9.73. The fraction of sp³-hybridized carbons (Fsp3) is 0.565. The van der Waals surface area contributed by atoms with Crippen LogP contribution in [0, 0.1) is 12.3 Å². The molecule has 0 aliphatic carbocycles. The van der Waals surface area contributed by atoms with Crippen LogP contribution in [-0.2, 0) is 35.2 Å². The summed E-state index contributed by atoms with van der Waals surface area (Å²) in [6, 6.07) is 5.52. The number of carbonyl (C=O) groups excluding carboxylic acids is 1. The maximum absolute atomic E-state index is 13.5. The largest absolute Gasteiger partial charge is 0.466 e. The van der Waals surface area contributed by atoms with Crippen molar-refractivity contribution in [2.45, 2.75) is 59.3 Å². The van der Waals surface area contributed by atoms with E-state index in [4.69, 9.17) is 4.74 Å². The second-order valence-electron chi connectivity index (χ2n) is 8.20. The average molecular weight is 438 g/mol. The second-order valence-corrected chi connectivity index (χ2v) is 8.20. The van der Waals surface area contributed by atoms with Gasteiger partial charge in [-0.25, -0.2) is 0 Å². The molecule has 3 rings (SSSR count). The number of aryl methyl sites for hydroxylation is 2. The van der Waals surface area contributed by atoms with E-state index in [0.29, 0.717) is 32.5 Å². The third-order valence-corrected chi connectivity index (χ3v) is 6.14. The van der Waals surface area contributed by atoms with Crippen molar-refractivity contribution >= 4 is 5.97 Å². The van der Waals surface area contributed by atoms with Gasteiger partial charge in [-0.05, 0) is 64.8 Å². The molecule has 1 aromatic heterocycles. The molecular formula is C23H30F3N3O2. The van der Waals surface area contributed by atoms with Crippen LogP contribution < -0.4 is 0 Å². The molecule has 0 atom stereocenters. The zero-order valence-corrected chi connectivity index (χ0v) is 18.3. The van der Waals surface area contributed by atoms with Crippen LogP contribution in [0.2, 0.25) is 0 Å². The van der Waals surface area contributed by atoms with Crippen molar-refractivity contribution in [3.05, 3.63) is 52.8 Å². The van der Waals surface area contributed by atoms with Crippen molar-refractivity contribution in [1.29, 1.82) is 0 Å². The summed E-state index contributed by atoms with van der Waals surface area (Å²) >= 11 is 0. The molecule has 0 unspecified atom stereocenters. The first-order valence-electron chi connectivity index (χ1n) is 10.8. The van der Waals surface area contributed by atoms with E-state index in [1.807, 2.05) is 24.7 Å². The Hall–Kier alpha value is -2.35. The maximum atomic E-state index is 13.5. The lowest BCUT2D eigenvalue weighted by Crippen LogP contribution is -2.46. The van der Waals surface area contributed by atoms with Crippen LogP contribution in [-0.4, -0.2) is 40.3 Å². The van der Waals surface area contributed by atoms with E-state index in [0.717, 1.165) is 23.9 Å². The minimum absolute atomic E-state index is 0.0299. The number of benzene rings is 1. The van der Waals surface area contributed by atoms with E-state index < -0.39 is 23.1 Å². The third-order valence-electron chi connectivity index (χ3n) is 6.14. The van der Waals surface area contributed by atoms with Gasteiger partial charge in [-0.1, -0.05) is 18.2 Å². The van der Waals surface area contributed by atoms with Gasteiger partial charge in [0, 0.05) is 24.8 Å². The Bertz CT molecular complexity index is 900. The highest BCUT2D eigenvalue weighted by molar-refractivity contribution is 5.77. The molecule has 0 N–H and O–H groups in total. The van der Waals surface area contributed by atoms with Gasteiger partial charge in [0.15, 0.2) is 0 Å². The highest BCUT2D eigenvalue weighted by atomic mass is 19.4. The predicted octanol–water partition coefficient (Wildman–Crippen LogP) is 4.62. The molecule has 0 amide bonds. The molecule has 5 nitrogen and oxygen atoms in total. The third kappa shape index (κ3) is 5.29. The van der Waals surface area contributed by atoms with Crippen molar-refractivity contribution in [1.82, 2.24) is 14.7 Å².